The monoisotopic (exact) mass is 383 g/mol. The number of benzene rings is 1. The number of rotatable bonds is 6. The maximum atomic E-state index is 12.8. The van der Waals surface area contributed by atoms with E-state index in [1.807, 2.05) is 41.8 Å². The molecule has 3 aromatic rings. The smallest absolute Gasteiger partial charge is 0.270 e. The van der Waals surface area contributed by atoms with Crippen LogP contribution in [0.25, 0.3) is 11.3 Å². The van der Waals surface area contributed by atoms with Crippen LogP contribution in [0.2, 0.25) is 5.02 Å². The summed E-state index contributed by atoms with van der Waals surface area (Å²) in [5.41, 5.74) is 2.02. The molecule has 0 radical (unpaired) electrons. The second-order valence-electron chi connectivity index (χ2n) is 6.49. The third-order valence-corrected chi connectivity index (χ3v) is 5.55. The largest absolute Gasteiger partial charge is 0.341 e. The van der Waals surface area contributed by atoms with Crippen LogP contribution < -0.4 is 5.32 Å². The Morgan fingerprint density at radius 1 is 1.27 bits per heavy atom. The third-order valence-electron chi connectivity index (χ3n) is 4.42. The lowest BCUT2D eigenvalue weighted by molar-refractivity contribution is 0.0928. The van der Waals surface area contributed by atoms with E-state index in [9.17, 15) is 4.79 Å². The van der Waals surface area contributed by atoms with Crippen LogP contribution in [0.15, 0.2) is 54.0 Å². The van der Waals surface area contributed by atoms with E-state index in [4.69, 9.17) is 11.6 Å². The zero-order valence-corrected chi connectivity index (χ0v) is 15.6. The Bertz CT molecular complexity index is 909. The number of pyridine rings is 1. The highest BCUT2D eigenvalue weighted by molar-refractivity contribution is 7.09. The number of nitrogens with one attached hydrogen (secondary N) is 1. The molecule has 1 fully saturated rings. The Hall–Kier alpha value is -2.24. The van der Waals surface area contributed by atoms with Gasteiger partial charge in [-0.2, -0.15) is 0 Å². The number of hydrogen-bond donors (Lipinski definition) is 1. The van der Waals surface area contributed by atoms with Crippen molar-refractivity contribution >= 4 is 28.8 Å². The van der Waals surface area contributed by atoms with Gasteiger partial charge in [0.05, 0.1) is 11.7 Å². The molecule has 1 saturated carbocycles. The van der Waals surface area contributed by atoms with E-state index < -0.39 is 0 Å². The normalized spacial score (nSPS) is 14.8. The van der Waals surface area contributed by atoms with Crippen LogP contribution in [-0.4, -0.2) is 15.9 Å². The van der Waals surface area contributed by atoms with Gasteiger partial charge in [0.15, 0.2) is 0 Å². The van der Waals surface area contributed by atoms with Crippen LogP contribution in [0.3, 0.4) is 0 Å². The van der Waals surface area contributed by atoms with Crippen molar-refractivity contribution in [2.24, 2.45) is 5.92 Å². The van der Waals surface area contributed by atoms with Crippen molar-refractivity contribution in [3.63, 3.8) is 0 Å². The number of amides is 1. The van der Waals surface area contributed by atoms with E-state index >= 15 is 0 Å². The summed E-state index contributed by atoms with van der Waals surface area (Å²) in [6.07, 6.45) is 5.19. The Morgan fingerprint density at radius 3 is 2.85 bits per heavy atom. The summed E-state index contributed by atoms with van der Waals surface area (Å²) in [6, 6.07) is 12.9. The number of aromatic nitrogens is 2. The first-order valence-electron chi connectivity index (χ1n) is 8.62. The maximum Gasteiger partial charge on any atom is 0.270 e. The second kappa shape index (κ2) is 7.56. The van der Waals surface area contributed by atoms with Crippen molar-refractivity contribution in [1.29, 1.82) is 0 Å². The zero-order chi connectivity index (χ0) is 17.9. The number of halogens is 1. The molecule has 1 aromatic carbocycles. The molecular formula is C20H18ClN3OS. The first-order chi connectivity index (χ1) is 12.7. The number of nitrogens with zero attached hydrogens (tertiary/aromatic N) is 2. The van der Waals surface area contributed by atoms with Crippen molar-refractivity contribution in [3.8, 4) is 11.3 Å². The van der Waals surface area contributed by atoms with Gasteiger partial charge in [-0.1, -0.05) is 42.6 Å². The molecule has 2 heterocycles. The van der Waals surface area contributed by atoms with E-state index in [0.717, 1.165) is 22.7 Å². The van der Waals surface area contributed by atoms with Crippen LogP contribution in [0.5, 0.6) is 0 Å². The Balaban J connectivity index is 1.54. The average molecular weight is 384 g/mol. The summed E-state index contributed by atoms with van der Waals surface area (Å²) in [5, 5.41) is 6.66. The lowest BCUT2D eigenvalue weighted by atomic mass is 10.1. The van der Waals surface area contributed by atoms with Gasteiger partial charge in [0.25, 0.3) is 5.91 Å². The summed E-state index contributed by atoms with van der Waals surface area (Å²) in [5.74, 6) is 0.518. The molecular weight excluding hydrogens is 366 g/mol. The molecule has 4 rings (SSSR count). The average Bonchev–Trinajstić information content (AvgIpc) is 3.30. The number of thiazole rings is 1. The highest BCUT2D eigenvalue weighted by Gasteiger charge is 2.29. The Morgan fingerprint density at radius 2 is 2.12 bits per heavy atom. The van der Waals surface area contributed by atoms with Gasteiger partial charge in [-0.05, 0) is 36.6 Å². The quantitative estimate of drug-likeness (QED) is 0.642. The molecule has 0 bridgehead atoms. The molecule has 0 spiro atoms. The lowest BCUT2D eigenvalue weighted by Gasteiger charge is -2.16. The van der Waals surface area contributed by atoms with Crippen molar-refractivity contribution in [1.82, 2.24) is 15.3 Å². The van der Waals surface area contributed by atoms with Gasteiger partial charge in [-0.15, -0.1) is 11.3 Å². The summed E-state index contributed by atoms with van der Waals surface area (Å²) in [7, 11) is 0. The summed E-state index contributed by atoms with van der Waals surface area (Å²) < 4.78 is 0. The van der Waals surface area contributed by atoms with E-state index in [1.54, 1.807) is 23.6 Å². The standard InChI is InChI=1S/C20H18ClN3OS/c21-15-4-1-3-14(12-15)16-5-2-6-17(23-16)19(25)24-18(11-13-7-8-13)20-22-9-10-26-20/h1-6,9-10,12-13,18H,7-8,11H2,(H,24,25)/t18-/m0/s1. The van der Waals surface area contributed by atoms with Crippen LogP contribution in [0.4, 0.5) is 0 Å². The minimum absolute atomic E-state index is 0.0494. The molecule has 6 heteroatoms. The van der Waals surface area contributed by atoms with Crippen molar-refractivity contribution in [2.45, 2.75) is 25.3 Å². The third kappa shape index (κ3) is 4.11. The zero-order valence-electron chi connectivity index (χ0n) is 14.1. The maximum absolute atomic E-state index is 12.8. The number of carbonyl (C=O) groups excluding carboxylic acids is 1. The molecule has 26 heavy (non-hydrogen) atoms. The summed E-state index contributed by atoms with van der Waals surface area (Å²) in [6.45, 7) is 0. The predicted octanol–water partition coefficient (Wildman–Crippen LogP) is 5.13. The SMILES string of the molecule is O=C(N[C@@H](CC1CC1)c1nccs1)c1cccc(-c2cccc(Cl)c2)n1. The fraction of sp³-hybridized carbons (Fsp3) is 0.250. The second-order valence-corrected chi connectivity index (χ2v) is 7.86. The van der Waals surface area contributed by atoms with E-state index in [1.165, 1.54) is 12.8 Å². The van der Waals surface area contributed by atoms with E-state index in [0.29, 0.717) is 16.6 Å². The molecule has 1 aliphatic rings. The first kappa shape index (κ1) is 17.2. The molecule has 2 aromatic heterocycles. The van der Waals surface area contributed by atoms with Gasteiger partial charge < -0.3 is 5.32 Å². The van der Waals surface area contributed by atoms with Crippen LogP contribution in [-0.2, 0) is 0 Å². The topological polar surface area (TPSA) is 54.9 Å². The fourth-order valence-corrected chi connectivity index (χ4v) is 3.81. The Labute approximate surface area is 161 Å². The highest BCUT2D eigenvalue weighted by Crippen LogP contribution is 2.38. The number of carbonyl (C=O) groups is 1. The van der Waals surface area contributed by atoms with Gasteiger partial charge in [-0.3, -0.25) is 4.79 Å². The molecule has 1 amide bonds. The molecule has 132 valence electrons. The van der Waals surface area contributed by atoms with Crippen molar-refractivity contribution in [2.75, 3.05) is 0 Å². The minimum atomic E-state index is -0.172. The lowest BCUT2D eigenvalue weighted by Crippen LogP contribution is -2.29. The van der Waals surface area contributed by atoms with E-state index in [-0.39, 0.29) is 11.9 Å². The van der Waals surface area contributed by atoms with Crippen molar-refractivity contribution in [3.05, 3.63) is 69.8 Å². The summed E-state index contributed by atoms with van der Waals surface area (Å²) in [4.78, 5) is 21.7. The van der Waals surface area contributed by atoms with Crippen LogP contribution in [0, 0.1) is 5.92 Å². The molecule has 0 unspecified atom stereocenters. The van der Waals surface area contributed by atoms with Gasteiger partial charge >= 0.3 is 0 Å². The van der Waals surface area contributed by atoms with Gasteiger partial charge in [0.2, 0.25) is 0 Å². The van der Waals surface area contributed by atoms with Gasteiger partial charge in [0.1, 0.15) is 10.7 Å². The minimum Gasteiger partial charge on any atom is -0.341 e. The van der Waals surface area contributed by atoms with Crippen LogP contribution in [0.1, 0.15) is 40.8 Å². The Kier molecular flexibility index (Phi) is 5.00. The number of hydrogen-bond acceptors (Lipinski definition) is 4. The first-order valence-corrected chi connectivity index (χ1v) is 9.88. The molecule has 1 aliphatic carbocycles. The van der Waals surface area contributed by atoms with E-state index in [2.05, 4.69) is 15.3 Å². The van der Waals surface area contributed by atoms with Gasteiger partial charge in [0, 0.05) is 22.2 Å². The summed E-state index contributed by atoms with van der Waals surface area (Å²) >= 11 is 7.64. The molecule has 0 aliphatic heterocycles. The highest BCUT2D eigenvalue weighted by atomic mass is 35.5. The molecule has 4 nitrogen and oxygen atoms in total. The fourth-order valence-electron chi connectivity index (χ4n) is 2.92. The van der Waals surface area contributed by atoms with Gasteiger partial charge in [-0.25, -0.2) is 9.97 Å². The molecule has 1 atom stereocenters. The predicted molar refractivity (Wildman–Crippen MR) is 104 cm³/mol. The van der Waals surface area contributed by atoms with Crippen LogP contribution >= 0.6 is 22.9 Å². The molecule has 0 saturated heterocycles. The van der Waals surface area contributed by atoms with Crippen molar-refractivity contribution < 1.29 is 4.79 Å². The molecule has 1 N–H and O–H groups in total.